The van der Waals surface area contributed by atoms with Crippen LogP contribution in [0.1, 0.15) is 30.7 Å². The molecule has 1 aliphatic heterocycles. The van der Waals surface area contributed by atoms with Crippen molar-refractivity contribution in [2.24, 2.45) is 0 Å². The first kappa shape index (κ1) is 23.8. The number of thioether (sulfide) groups is 1. The maximum Gasteiger partial charge on any atom is 0.269 e. The van der Waals surface area contributed by atoms with Crippen LogP contribution in [-0.2, 0) is 11.3 Å². The standard InChI is InChI=1S/C23H25FN6O3S/c1-16-13-19(30(32)33)9-10-20(16)25-22(31)15-34-23-27-26-21(14-28-11-3-2-4-12-28)29(23)18-7-5-17(24)6-8-18/h5-10,13H,2-4,11-12,14-15H2,1H3,(H,25,31). The van der Waals surface area contributed by atoms with E-state index in [1.54, 1.807) is 19.1 Å². The summed E-state index contributed by atoms with van der Waals surface area (Å²) in [5.41, 5.74) is 1.82. The van der Waals surface area contributed by atoms with Gasteiger partial charge in [-0.1, -0.05) is 18.2 Å². The van der Waals surface area contributed by atoms with Crippen LogP contribution in [0.25, 0.3) is 5.69 Å². The molecule has 0 spiro atoms. The molecule has 11 heteroatoms. The normalized spacial score (nSPS) is 14.2. The van der Waals surface area contributed by atoms with E-state index in [4.69, 9.17) is 0 Å². The topological polar surface area (TPSA) is 106 Å². The van der Waals surface area contributed by atoms with Gasteiger partial charge < -0.3 is 5.32 Å². The van der Waals surface area contributed by atoms with Gasteiger partial charge in [0, 0.05) is 23.5 Å². The number of nitrogens with zero attached hydrogens (tertiary/aromatic N) is 5. The highest BCUT2D eigenvalue weighted by Gasteiger charge is 2.20. The fourth-order valence-electron chi connectivity index (χ4n) is 3.88. The minimum absolute atomic E-state index is 0.0292. The van der Waals surface area contributed by atoms with Crippen molar-refractivity contribution in [2.45, 2.75) is 37.9 Å². The molecule has 0 aliphatic carbocycles. The first-order valence-electron chi connectivity index (χ1n) is 11.0. The maximum absolute atomic E-state index is 13.5. The number of amides is 1. The molecule has 178 valence electrons. The van der Waals surface area contributed by atoms with Gasteiger partial charge in [-0.2, -0.15) is 0 Å². The molecular formula is C23H25FN6O3S. The Balaban J connectivity index is 1.49. The monoisotopic (exact) mass is 484 g/mol. The van der Waals surface area contributed by atoms with Crippen molar-refractivity contribution < 1.29 is 14.1 Å². The van der Waals surface area contributed by atoms with Gasteiger partial charge in [-0.05, 0) is 68.8 Å². The zero-order valence-electron chi connectivity index (χ0n) is 18.7. The summed E-state index contributed by atoms with van der Waals surface area (Å²) in [6.45, 7) is 4.32. The van der Waals surface area contributed by atoms with Gasteiger partial charge in [0.05, 0.1) is 17.2 Å². The molecule has 1 amide bonds. The number of piperidine rings is 1. The van der Waals surface area contributed by atoms with Crippen molar-refractivity contribution in [2.75, 3.05) is 24.2 Å². The second kappa shape index (κ2) is 10.7. The molecule has 0 saturated carbocycles. The number of carbonyl (C=O) groups excluding carboxylic acids is 1. The number of benzene rings is 2. The van der Waals surface area contributed by atoms with E-state index in [-0.39, 0.29) is 23.2 Å². The lowest BCUT2D eigenvalue weighted by Gasteiger charge is -2.26. The molecule has 1 aromatic heterocycles. The molecular weight excluding hydrogens is 459 g/mol. The van der Waals surface area contributed by atoms with Crippen LogP contribution in [0, 0.1) is 22.9 Å². The molecule has 1 N–H and O–H groups in total. The van der Waals surface area contributed by atoms with Crippen LogP contribution in [0.5, 0.6) is 0 Å². The Bertz CT molecular complexity index is 1180. The number of nitro benzene ring substituents is 1. The highest BCUT2D eigenvalue weighted by atomic mass is 32.2. The first-order valence-corrected chi connectivity index (χ1v) is 12.0. The molecule has 1 saturated heterocycles. The molecule has 2 heterocycles. The SMILES string of the molecule is Cc1cc([N+](=O)[O-])ccc1NC(=O)CSc1nnc(CN2CCCCC2)n1-c1ccc(F)cc1. The molecule has 0 atom stereocenters. The molecule has 3 aromatic rings. The van der Waals surface area contributed by atoms with E-state index in [0.717, 1.165) is 37.4 Å². The highest BCUT2D eigenvalue weighted by Crippen LogP contribution is 2.25. The Morgan fingerprint density at radius 1 is 1.15 bits per heavy atom. The summed E-state index contributed by atoms with van der Waals surface area (Å²) in [4.78, 5) is 25.4. The number of rotatable bonds is 8. The molecule has 1 aliphatic rings. The average Bonchev–Trinajstić information content (AvgIpc) is 3.22. The number of non-ortho nitro benzene ring substituents is 1. The van der Waals surface area contributed by atoms with Crippen molar-refractivity contribution >= 4 is 29.0 Å². The second-order valence-electron chi connectivity index (χ2n) is 8.14. The molecule has 1 fully saturated rings. The number of hydrogen-bond donors (Lipinski definition) is 1. The third-order valence-electron chi connectivity index (χ3n) is 5.63. The third kappa shape index (κ3) is 5.78. The summed E-state index contributed by atoms with van der Waals surface area (Å²) in [5, 5.41) is 22.9. The minimum atomic E-state index is -0.474. The van der Waals surface area contributed by atoms with E-state index in [2.05, 4.69) is 20.4 Å². The van der Waals surface area contributed by atoms with Crippen molar-refractivity contribution in [1.29, 1.82) is 0 Å². The van der Waals surface area contributed by atoms with E-state index in [0.29, 0.717) is 23.0 Å². The van der Waals surface area contributed by atoms with Gasteiger partial charge in [-0.3, -0.25) is 24.4 Å². The van der Waals surface area contributed by atoms with Crippen LogP contribution < -0.4 is 5.32 Å². The third-order valence-corrected chi connectivity index (χ3v) is 6.56. The van der Waals surface area contributed by atoms with Crippen LogP contribution in [0.3, 0.4) is 0 Å². The van der Waals surface area contributed by atoms with Crippen molar-refractivity contribution in [3.05, 3.63) is 69.8 Å². The lowest BCUT2D eigenvalue weighted by Crippen LogP contribution is -2.30. The summed E-state index contributed by atoms with van der Waals surface area (Å²) < 4.78 is 15.4. The first-order chi connectivity index (χ1) is 16.4. The fourth-order valence-corrected chi connectivity index (χ4v) is 4.65. The molecule has 4 rings (SSSR count). The quantitative estimate of drug-likeness (QED) is 0.288. The lowest BCUT2D eigenvalue weighted by molar-refractivity contribution is -0.384. The second-order valence-corrected chi connectivity index (χ2v) is 9.08. The number of nitro groups is 1. The average molecular weight is 485 g/mol. The number of hydrogen-bond acceptors (Lipinski definition) is 7. The van der Waals surface area contributed by atoms with Gasteiger partial charge in [-0.25, -0.2) is 4.39 Å². The lowest BCUT2D eigenvalue weighted by atomic mass is 10.1. The summed E-state index contributed by atoms with van der Waals surface area (Å²) in [6.07, 6.45) is 3.52. The molecule has 0 radical (unpaired) electrons. The van der Waals surface area contributed by atoms with Gasteiger partial charge in [0.15, 0.2) is 11.0 Å². The Kier molecular flexibility index (Phi) is 7.53. The molecule has 9 nitrogen and oxygen atoms in total. The van der Waals surface area contributed by atoms with Gasteiger partial charge in [0.1, 0.15) is 5.82 Å². The Hall–Kier alpha value is -3.31. The summed E-state index contributed by atoms with van der Waals surface area (Å²) in [6, 6.07) is 10.4. The smallest absolute Gasteiger partial charge is 0.269 e. The van der Waals surface area contributed by atoms with Crippen LogP contribution in [0.4, 0.5) is 15.8 Å². The van der Waals surface area contributed by atoms with Crippen LogP contribution in [0.2, 0.25) is 0 Å². The van der Waals surface area contributed by atoms with E-state index in [9.17, 15) is 19.3 Å². The molecule has 0 unspecified atom stereocenters. The van der Waals surface area contributed by atoms with E-state index in [1.807, 2.05) is 4.57 Å². The largest absolute Gasteiger partial charge is 0.325 e. The van der Waals surface area contributed by atoms with Gasteiger partial charge in [0.25, 0.3) is 5.69 Å². The van der Waals surface area contributed by atoms with E-state index in [1.165, 1.54) is 48.5 Å². The molecule has 2 aromatic carbocycles. The Morgan fingerprint density at radius 3 is 2.56 bits per heavy atom. The zero-order valence-corrected chi connectivity index (χ0v) is 19.6. The maximum atomic E-state index is 13.5. The van der Waals surface area contributed by atoms with Crippen LogP contribution in [-0.4, -0.2) is 49.3 Å². The van der Waals surface area contributed by atoms with Crippen LogP contribution in [0.15, 0.2) is 47.6 Å². The van der Waals surface area contributed by atoms with Gasteiger partial charge in [0.2, 0.25) is 5.91 Å². The van der Waals surface area contributed by atoms with E-state index < -0.39 is 4.92 Å². The number of aromatic nitrogens is 3. The number of anilines is 1. The number of nitrogens with one attached hydrogen (secondary N) is 1. The fraction of sp³-hybridized carbons (Fsp3) is 0.348. The number of carbonyl (C=O) groups is 1. The van der Waals surface area contributed by atoms with Crippen molar-refractivity contribution in [3.8, 4) is 5.69 Å². The number of likely N-dealkylation sites (tertiary alicyclic amines) is 1. The predicted molar refractivity (Wildman–Crippen MR) is 128 cm³/mol. The Morgan fingerprint density at radius 2 is 1.88 bits per heavy atom. The molecule has 0 bridgehead atoms. The number of aryl methyl sites for hydroxylation is 1. The molecule has 34 heavy (non-hydrogen) atoms. The minimum Gasteiger partial charge on any atom is -0.325 e. The van der Waals surface area contributed by atoms with Crippen molar-refractivity contribution in [3.63, 3.8) is 0 Å². The van der Waals surface area contributed by atoms with Gasteiger partial charge in [-0.15, -0.1) is 10.2 Å². The zero-order chi connectivity index (χ0) is 24.1. The summed E-state index contributed by atoms with van der Waals surface area (Å²) in [7, 11) is 0. The summed E-state index contributed by atoms with van der Waals surface area (Å²) in [5.74, 6) is 0.205. The van der Waals surface area contributed by atoms with Crippen LogP contribution >= 0.6 is 11.8 Å². The number of halogens is 1. The van der Waals surface area contributed by atoms with Crippen molar-refractivity contribution in [1.82, 2.24) is 19.7 Å². The highest BCUT2D eigenvalue weighted by molar-refractivity contribution is 7.99. The summed E-state index contributed by atoms with van der Waals surface area (Å²) >= 11 is 1.23. The van der Waals surface area contributed by atoms with Gasteiger partial charge >= 0.3 is 0 Å². The Labute approximate surface area is 200 Å². The van der Waals surface area contributed by atoms with E-state index >= 15 is 0 Å². The predicted octanol–water partition coefficient (Wildman–Crippen LogP) is 4.34.